The van der Waals surface area contributed by atoms with Gasteiger partial charge in [0.1, 0.15) is 6.04 Å². The van der Waals surface area contributed by atoms with E-state index in [-0.39, 0.29) is 0 Å². The molecule has 1 aromatic heterocycles. The molecule has 5 heteroatoms. The van der Waals surface area contributed by atoms with Crippen LogP contribution in [0.2, 0.25) is 0 Å². The van der Waals surface area contributed by atoms with Gasteiger partial charge in [0.25, 0.3) is 5.91 Å². The highest BCUT2D eigenvalue weighted by Gasteiger charge is 2.18. The van der Waals surface area contributed by atoms with Gasteiger partial charge < -0.3 is 10.4 Å². The largest absolute Gasteiger partial charge is 0.480 e. The van der Waals surface area contributed by atoms with Crippen LogP contribution in [0.15, 0.2) is 18.5 Å². The molecule has 0 aliphatic heterocycles. The van der Waals surface area contributed by atoms with E-state index in [9.17, 15) is 9.59 Å². The minimum atomic E-state index is -1.03. The molecule has 0 saturated heterocycles. The summed E-state index contributed by atoms with van der Waals surface area (Å²) in [5, 5.41) is 11.2. The molecule has 1 amide bonds. The van der Waals surface area contributed by atoms with Gasteiger partial charge in [-0.3, -0.25) is 9.78 Å². The molecule has 0 fully saturated rings. The second-order valence-corrected chi connectivity index (χ2v) is 3.52. The number of rotatable bonds is 4. The Morgan fingerprint density at radius 1 is 1.50 bits per heavy atom. The minimum Gasteiger partial charge on any atom is -0.480 e. The van der Waals surface area contributed by atoms with Crippen LogP contribution in [-0.2, 0) is 4.79 Å². The predicted molar refractivity (Wildman–Crippen MR) is 58.2 cm³/mol. The van der Waals surface area contributed by atoms with E-state index in [0.717, 1.165) is 5.56 Å². The number of carboxylic acids is 1. The summed E-state index contributed by atoms with van der Waals surface area (Å²) >= 11 is 0. The zero-order chi connectivity index (χ0) is 12.1. The molecule has 1 atom stereocenters. The monoisotopic (exact) mass is 222 g/mol. The van der Waals surface area contributed by atoms with E-state index in [4.69, 9.17) is 5.11 Å². The number of hydrogen-bond acceptors (Lipinski definition) is 3. The van der Waals surface area contributed by atoms with E-state index in [1.54, 1.807) is 19.2 Å². The van der Waals surface area contributed by atoms with E-state index >= 15 is 0 Å². The Kier molecular flexibility index (Phi) is 3.99. The van der Waals surface area contributed by atoms with Gasteiger partial charge in [0.05, 0.1) is 5.56 Å². The van der Waals surface area contributed by atoms with Crippen molar-refractivity contribution < 1.29 is 14.7 Å². The maximum Gasteiger partial charge on any atom is 0.326 e. The van der Waals surface area contributed by atoms with Gasteiger partial charge >= 0.3 is 5.97 Å². The number of hydrogen-bond donors (Lipinski definition) is 2. The highest BCUT2D eigenvalue weighted by atomic mass is 16.4. The van der Waals surface area contributed by atoms with E-state index in [1.165, 1.54) is 6.20 Å². The summed E-state index contributed by atoms with van der Waals surface area (Å²) in [6.07, 6.45) is 3.39. The summed E-state index contributed by atoms with van der Waals surface area (Å²) in [5.41, 5.74) is 1.23. The lowest BCUT2D eigenvalue weighted by Crippen LogP contribution is -2.40. The fraction of sp³-hybridized carbons (Fsp3) is 0.364. The van der Waals surface area contributed by atoms with Crippen LogP contribution < -0.4 is 5.32 Å². The van der Waals surface area contributed by atoms with E-state index in [0.29, 0.717) is 12.0 Å². The van der Waals surface area contributed by atoms with Crippen molar-refractivity contribution in [3.05, 3.63) is 29.6 Å². The molecule has 0 aromatic carbocycles. The molecule has 5 nitrogen and oxygen atoms in total. The standard InChI is InChI=1S/C11H14N2O3/c1-3-9(11(15)16)13-10(14)8-4-7(2)5-12-6-8/h4-6,9H,3H2,1-2H3,(H,13,14)(H,15,16). The van der Waals surface area contributed by atoms with Crippen LogP contribution >= 0.6 is 0 Å². The molecular formula is C11H14N2O3. The molecule has 2 N–H and O–H groups in total. The highest BCUT2D eigenvalue weighted by Crippen LogP contribution is 2.02. The van der Waals surface area contributed by atoms with E-state index in [1.807, 2.05) is 6.92 Å². The number of amides is 1. The third kappa shape index (κ3) is 3.05. The van der Waals surface area contributed by atoms with Crippen LogP contribution in [0, 0.1) is 6.92 Å². The minimum absolute atomic E-state index is 0.348. The average Bonchev–Trinajstić information content (AvgIpc) is 2.25. The van der Waals surface area contributed by atoms with Crippen LogP contribution in [-0.4, -0.2) is 28.0 Å². The summed E-state index contributed by atoms with van der Waals surface area (Å²) in [6.45, 7) is 3.52. The quantitative estimate of drug-likeness (QED) is 0.796. The molecule has 1 heterocycles. The van der Waals surface area contributed by atoms with Gasteiger partial charge in [0.15, 0.2) is 0 Å². The van der Waals surface area contributed by atoms with Gasteiger partial charge in [-0.05, 0) is 25.0 Å². The number of nitrogens with zero attached hydrogens (tertiary/aromatic N) is 1. The van der Waals surface area contributed by atoms with Crippen LogP contribution in [0.25, 0.3) is 0 Å². The normalized spacial score (nSPS) is 11.9. The second-order valence-electron chi connectivity index (χ2n) is 3.52. The Morgan fingerprint density at radius 3 is 2.69 bits per heavy atom. The number of pyridine rings is 1. The summed E-state index contributed by atoms with van der Waals surface area (Å²) in [7, 11) is 0. The Labute approximate surface area is 93.5 Å². The third-order valence-electron chi connectivity index (χ3n) is 2.15. The van der Waals surface area contributed by atoms with Crippen LogP contribution in [0.4, 0.5) is 0 Å². The molecule has 0 aliphatic rings. The first kappa shape index (κ1) is 12.2. The lowest BCUT2D eigenvalue weighted by atomic mass is 10.2. The Bertz CT molecular complexity index is 404. The van der Waals surface area contributed by atoms with Crippen LogP contribution in [0.1, 0.15) is 29.3 Å². The second kappa shape index (κ2) is 5.25. The fourth-order valence-electron chi connectivity index (χ4n) is 1.26. The molecule has 16 heavy (non-hydrogen) atoms. The summed E-state index contributed by atoms with van der Waals surface area (Å²) in [4.78, 5) is 26.3. The Balaban J connectivity index is 2.75. The lowest BCUT2D eigenvalue weighted by molar-refractivity contribution is -0.139. The number of nitrogens with one attached hydrogen (secondary N) is 1. The molecule has 0 radical (unpaired) electrons. The molecule has 1 rings (SSSR count). The van der Waals surface area contributed by atoms with E-state index in [2.05, 4.69) is 10.3 Å². The van der Waals surface area contributed by atoms with Crippen LogP contribution in [0.5, 0.6) is 0 Å². The predicted octanol–water partition coefficient (Wildman–Crippen LogP) is 0.983. The number of carboxylic acid groups (broad SMARTS) is 1. The molecule has 0 bridgehead atoms. The van der Waals surface area contributed by atoms with Crippen molar-refractivity contribution in [3.8, 4) is 0 Å². The molecule has 1 unspecified atom stereocenters. The van der Waals surface area contributed by atoms with Crippen molar-refractivity contribution in [1.29, 1.82) is 0 Å². The maximum absolute atomic E-state index is 11.7. The SMILES string of the molecule is CCC(NC(=O)c1cncc(C)c1)C(=O)O. The van der Waals surface area contributed by atoms with Gasteiger partial charge in [0, 0.05) is 12.4 Å². The Hall–Kier alpha value is -1.91. The lowest BCUT2D eigenvalue weighted by Gasteiger charge is -2.11. The van der Waals surface area contributed by atoms with Crippen molar-refractivity contribution in [3.63, 3.8) is 0 Å². The van der Waals surface area contributed by atoms with Gasteiger partial charge in [-0.1, -0.05) is 6.92 Å². The van der Waals surface area contributed by atoms with Gasteiger partial charge in [-0.2, -0.15) is 0 Å². The number of carbonyl (C=O) groups excluding carboxylic acids is 1. The number of aryl methyl sites for hydroxylation is 1. The highest BCUT2D eigenvalue weighted by molar-refractivity contribution is 5.96. The fourth-order valence-corrected chi connectivity index (χ4v) is 1.26. The first-order valence-corrected chi connectivity index (χ1v) is 5.00. The number of aromatic nitrogens is 1. The molecule has 0 aliphatic carbocycles. The van der Waals surface area contributed by atoms with E-state index < -0.39 is 17.9 Å². The summed E-state index contributed by atoms with van der Waals surface area (Å²) in [6, 6.07) is 0.810. The van der Waals surface area contributed by atoms with Crippen molar-refractivity contribution in [2.24, 2.45) is 0 Å². The summed E-state index contributed by atoms with van der Waals surface area (Å²) in [5.74, 6) is -1.44. The molecule has 0 saturated carbocycles. The maximum atomic E-state index is 11.7. The zero-order valence-electron chi connectivity index (χ0n) is 9.23. The van der Waals surface area contributed by atoms with Crippen molar-refractivity contribution >= 4 is 11.9 Å². The smallest absolute Gasteiger partial charge is 0.326 e. The topological polar surface area (TPSA) is 79.3 Å². The van der Waals surface area contributed by atoms with Gasteiger partial charge in [-0.15, -0.1) is 0 Å². The van der Waals surface area contributed by atoms with Crippen molar-refractivity contribution in [2.75, 3.05) is 0 Å². The van der Waals surface area contributed by atoms with Gasteiger partial charge in [0.2, 0.25) is 0 Å². The third-order valence-corrected chi connectivity index (χ3v) is 2.15. The zero-order valence-corrected chi connectivity index (χ0v) is 9.23. The van der Waals surface area contributed by atoms with Crippen LogP contribution in [0.3, 0.4) is 0 Å². The molecule has 1 aromatic rings. The Morgan fingerprint density at radius 2 is 2.19 bits per heavy atom. The molecular weight excluding hydrogens is 208 g/mol. The molecule has 0 spiro atoms. The van der Waals surface area contributed by atoms with Gasteiger partial charge in [-0.25, -0.2) is 4.79 Å². The summed E-state index contributed by atoms with van der Waals surface area (Å²) < 4.78 is 0. The first-order chi connectivity index (χ1) is 7.54. The van der Waals surface area contributed by atoms with Crippen molar-refractivity contribution in [2.45, 2.75) is 26.3 Å². The first-order valence-electron chi connectivity index (χ1n) is 5.00. The average molecular weight is 222 g/mol. The van der Waals surface area contributed by atoms with Crippen molar-refractivity contribution in [1.82, 2.24) is 10.3 Å². The molecule has 86 valence electrons. The number of carbonyl (C=O) groups is 2. The number of aliphatic carboxylic acids is 1.